The summed E-state index contributed by atoms with van der Waals surface area (Å²) in [6, 6.07) is 8.19. The molecule has 3 rings (SSSR count). The van der Waals surface area contributed by atoms with Crippen LogP contribution in [-0.4, -0.2) is 42.5 Å². The van der Waals surface area contributed by atoms with Crippen molar-refractivity contribution in [2.24, 2.45) is 0 Å². The molecular formula is C23H21BrFN3O5. The third-order valence-corrected chi connectivity index (χ3v) is 4.99. The predicted molar refractivity (Wildman–Crippen MR) is 124 cm³/mol. The van der Waals surface area contributed by atoms with Gasteiger partial charge in [-0.25, -0.2) is 14.1 Å². The van der Waals surface area contributed by atoms with Crippen molar-refractivity contribution >= 4 is 45.5 Å². The van der Waals surface area contributed by atoms with Crippen LogP contribution < -0.4 is 20.1 Å². The number of halogens is 2. The maximum atomic E-state index is 13.7. The summed E-state index contributed by atoms with van der Waals surface area (Å²) in [5, 5.41) is 4.79. The number of urea groups is 1. The number of anilines is 1. The fourth-order valence-corrected chi connectivity index (χ4v) is 3.57. The number of imide groups is 1. The molecule has 1 saturated heterocycles. The van der Waals surface area contributed by atoms with Gasteiger partial charge in [-0.05, 0) is 58.8 Å². The molecule has 0 aromatic heterocycles. The smallest absolute Gasteiger partial charge is 0.329 e. The summed E-state index contributed by atoms with van der Waals surface area (Å²) in [5.74, 6) is -1.11. The van der Waals surface area contributed by atoms with Gasteiger partial charge in [-0.15, -0.1) is 0 Å². The number of nitrogens with zero attached hydrogens (tertiary/aromatic N) is 1. The molecule has 0 saturated carbocycles. The number of hydrogen-bond donors (Lipinski definition) is 2. The van der Waals surface area contributed by atoms with Gasteiger partial charge in [0, 0.05) is 0 Å². The number of nitrogens with one attached hydrogen (secondary N) is 2. The second-order valence-electron chi connectivity index (χ2n) is 6.77. The summed E-state index contributed by atoms with van der Waals surface area (Å²) in [4.78, 5) is 38.0. The molecule has 2 N–H and O–H groups in total. The Bertz CT molecular complexity index is 1140. The quantitative estimate of drug-likeness (QED) is 0.296. The lowest BCUT2D eigenvalue weighted by atomic mass is 10.1. The van der Waals surface area contributed by atoms with Crippen molar-refractivity contribution in [1.82, 2.24) is 10.2 Å². The van der Waals surface area contributed by atoms with E-state index in [1.807, 2.05) is 6.92 Å². The minimum absolute atomic E-state index is 0.0206. The van der Waals surface area contributed by atoms with Crippen LogP contribution in [0.5, 0.6) is 11.5 Å². The van der Waals surface area contributed by atoms with Gasteiger partial charge in [0.25, 0.3) is 5.91 Å². The molecule has 2 aromatic carbocycles. The lowest BCUT2D eigenvalue weighted by molar-refractivity contribution is -0.127. The fraction of sp³-hybridized carbons (Fsp3) is 0.174. The van der Waals surface area contributed by atoms with Gasteiger partial charge in [0.15, 0.2) is 11.5 Å². The first-order chi connectivity index (χ1) is 15.8. The van der Waals surface area contributed by atoms with Crippen molar-refractivity contribution in [3.63, 3.8) is 0 Å². The monoisotopic (exact) mass is 517 g/mol. The number of amides is 4. The van der Waals surface area contributed by atoms with Crippen LogP contribution in [0.15, 0.2) is 59.2 Å². The minimum atomic E-state index is -0.759. The van der Waals surface area contributed by atoms with Crippen molar-refractivity contribution in [1.29, 1.82) is 0 Å². The lowest BCUT2D eigenvalue weighted by Gasteiger charge is -2.14. The van der Waals surface area contributed by atoms with Crippen LogP contribution in [-0.2, 0) is 9.59 Å². The van der Waals surface area contributed by atoms with Crippen LogP contribution in [0.1, 0.15) is 12.5 Å². The zero-order valence-electron chi connectivity index (χ0n) is 17.7. The van der Waals surface area contributed by atoms with E-state index in [-0.39, 0.29) is 18.0 Å². The van der Waals surface area contributed by atoms with Gasteiger partial charge in [-0.1, -0.05) is 24.8 Å². The van der Waals surface area contributed by atoms with Crippen LogP contribution in [0.3, 0.4) is 0 Å². The van der Waals surface area contributed by atoms with E-state index in [0.29, 0.717) is 28.1 Å². The van der Waals surface area contributed by atoms with Gasteiger partial charge in [0.1, 0.15) is 24.7 Å². The molecule has 1 aliphatic heterocycles. The average Bonchev–Trinajstić information content (AvgIpc) is 3.02. The summed E-state index contributed by atoms with van der Waals surface area (Å²) in [7, 11) is 0. The van der Waals surface area contributed by atoms with E-state index >= 15 is 0 Å². The second-order valence-corrected chi connectivity index (χ2v) is 7.62. The molecule has 33 heavy (non-hydrogen) atoms. The van der Waals surface area contributed by atoms with Crippen LogP contribution in [0.4, 0.5) is 14.9 Å². The molecule has 0 unspecified atom stereocenters. The molecule has 2 aromatic rings. The molecule has 0 aliphatic carbocycles. The van der Waals surface area contributed by atoms with E-state index < -0.39 is 30.2 Å². The van der Waals surface area contributed by atoms with Crippen LogP contribution in [0.2, 0.25) is 0 Å². The third-order valence-electron chi connectivity index (χ3n) is 4.40. The molecule has 8 nitrogen and oxygen atoms in total. The third kappa shape index (κ3) is 5.78. The van der Waals surface area contributed by atoms with Crippen molar-refractivity contribution in [3.8, 4) is 11.5 Å². The number of para-hydroxylation sites is 1. The minimum Gasteiger partial charge on any atom is -0.490 e. The predicted octanol–water partition coefficient (Wildman–Crippen LogP) is 4.08. The highest BCUT2D eigenvalue weighted by molar-refractivity contribution is 9.10. The van der Waals surface area contributed by atoms with Gasteiger partial charge in [0.2, 0.25) is 5.91 Å². The summed E-state index contributed by atoms with van der Waals surface area (Å²) >= 11 is 3.42. The maximum Gasteiger partial charge on any atom is 0.329 e. The normalized spacial score (nSPS) is 14.3. The zero-order chi connectivity index (χ0) is 24.0. The number of benzene rings is 2. The molecule has 0 spiro atoms. The fourth-order valence-electron chi connectivity index (χ4n) is 2.99. The molecule has 1 aliphatic rings. The van der Waals surface area contributed by atoms with E-state index in [0.717, 1.165) is 4.90 Å². The van der Waals surface area contributed by atoms with Gasteiger partial charge < -0.3 is 20.1 Å². The van der Waals surface area contributed by atoms with E-state index in [1.54, 1.807) is 24.3 Å². The first-order valence-corrected chi connectivity index (χ1v) is 10.7. The number of rotatable bonds is 9. The topological polar surface area (TPSA) is 97.0 Å². The molecule has 0 radical (unpaired) electrons. The number of carbonyl (C=O) groups excluding carboxylic acids is 3. The van der Waals surface area contributed by atoms with Gasteiger partial charge in [-0.3, -0.25) is 9.59 Å². The van der Waals surface area contributed by atoms with Crippen LogP contribution >= 0.6 is 15.9 Å². The van der Waals surface area contributed by atoms with Crippen molar-refractivity contribution in [3.05, 3.63) is 70.6 Å². The average molecular weight is 518 g/mol. The Morgan fingerprint density at radius 3 is 2.73 bits per heavy atom. The molecular weight excluding hydrogens is 497 g/mol. The Kier molecular flexibility index (Phi) is 7.83. The molecule has 0 atom stereocenters. The van der Waals surface area contributed by atoms with Crippen LogP contribution in [0, 0.1) is 5.82 Å². The highest BCUT2D eigenvalue weighted by atomic mass is 79.9. The number of ether oxygens (including phenoxy) is 2. The first-order valence-electron chi connectivity index (χ1n) is 9.93. The SMILES string of the molecule is C=CCOc1c(Br)cc(/C=C2/NC(=O)N(CC(=O)Nc3ccccc3F)C2=O)cc1OCC. The van der Waals surface area contributed by atoms with E-state index in [4.69, 9.17) is 9.47 Å². The summed E-state index contributed by atoms with van der Waals surface area (Å²) in [5.41, 5.74) is 0.489. The van der Waals surface area contributed by atoms with E-state index in [2.05, 4.69) is 33.1 Å². The van der Waals surface area contributed by atoms with Crippen molar-refractivity contribution < 1.29 is 28.2 Å². The summed E-state index contributed by atoms with van der Waals surface area (Å²) in [6.45, 7) is 5.53. The lowest BCUT2D eigenvalue weighted by Crippen LogP contribution is -2.38. The summed E-state index contributed by atoms with van der Waals surface area (Å²) in [6.07, 6.45) is 3.06. The van der Waals surface area contributed by atoms with Crippen molar-refractivity contribution in [2.75, 3.05) is 25.1 Å². The van der Waals surface area contributed by atoms with Crippen molar-refractivity contribution in [2.45, 2.75) is 6.92 Å². The molecule has 10 heteroatoms. The highest BCUT2D eigenvalue weighted by Gasteiger charge is 2.35. The Balaban J connectivity index is 1.78. The first kappa shape index (κ1) is 24.0. The molecule has 1 fully saturated rings. The second kappa shape index (κ2) is 10.8. The van der Waals surface area contributed by atoms with Gasteiger partial charge >= 0.3 is 6.03 Å². The zero-order valence-corrected chi connectivity index (χ0v) is 19.3. The number of carbonyl (C=O) groups is 3. The molecule has 1 heterocycles. The van der Waals surface area contributed by atoms with Gasteiger partial charge in [0.05, 0.1) is 16.8 Å². The Labute approximate surface area is 198 Å². The standard InChI is InChI=1S/C23H21BrFN3O5/c1-3-9-33-21-15(24)10-14(12-19(21)32-4-2)11-18-22(30)28(23(31)27-18)13-20(29)26-17-8-6-5-7-16(17)25/h3,5-8,10-12H,1,4,9,13H2,2H3,(H,26,29)(H,27,31)/b18-11+. The Hall–Kier alpha value is -3.66. The molecule has 4 amide bonds. The maximum absolute atomic E-state index is 13.7. The Morgan fingerprint density at radius 1 is 1.27 bits per heavy atom. The van der Waals surface area contributed by atoms with Gasteiger partial charge in [-0.2, -0.15) is 0 Å². The molecule has 0 bridgehead atoms. The number of hydrogen-bond acceptors (Lipinski definition) is 5. The highest BCUT2D eigenvalue weighted by Crippen LogP contribution is 2.37. The summed E-state index contributed by atoms with van der Waals surface area (Å²) < 4.78 is 25.6. The van der Waals surface area contributed by atoms with Crippen LogP contribution in [0.25, 0.3) is 6.08 Å². The largest absolute Gasteiger partial charge is 0.490 e. The van der Waals surface area contributed by atoms with E-state index in [9.17, 15) is 18.8 Å². The molecule has 172 valence electrons. The van der Waals surface area contributed by atoms with E-state index in [1.165, 1.54) is 24.3 Å². The Morgan fingerprint density at radius 2 is 2.03 bits per heavy atom.